The summed E-state index contributed by atoms with van der Waals surface area (Å²) in [6, 6.07) is 1.91. The molecule has 0 aliphatic rings. The normalized spacial score (nSPS) is 12.9. The summed E-state index contributed by atoms with van der Waals surface area (Å²) >= 11 is 0. The minimum atomic E-state index is -0.0109. The molecule has 0 amide bonds. The lowest BCUT2D eigenvalue weighted by Gasteiger charge is -2.14. The summed E-state index contributed by atoms with van der Waals surface area (Å²) in [4.78, 5) is 4.24. The third-order valence-corrected chi connectivity index (χ3v) is 2.86. The van der Waals surface area contributed by atoms with E-state index in [4.69, 9.17) is 10.3 Å². The first-order valence-corrected chi connectivity index (χ1v) is 5.63. The van der Waals surface area contributed by atoms with Crippen LogP contribution >= 0.6 is 0 Å². The predicted octanol–water partition coefficient (Wildman–Crippen LogP) is 0.947. The Hall–Kier alpha value is -1.66. The topological polar surface area (TPSA) is 81.9 Å². The largest absolute Gasteiger partial charge is 0.469 e. The van der Waals surface area contributed by atoms with Crippen LogP contribution in [0.4, 0.5) is 0 Å². The highest BCUT2D eigenvalue weighted by molar-refractivity contribution is 5.21. The first-order chi connectivity index (χ1) is 8.26. The number of aromatic nitrogens is 3. The molecule has 2 rings (SSSR count). The minimum absolute atomic E-state index is 0.0109. The fourth-order valence-electron chi connectivity index (χ4n) is 1.91. The Morgan fingerprint density at radius 3 is 3.00 bits per heavy atom. The van der Waals surface area contributed by atoms with Crippen molar-refractivity contribution in [3.63, 3.8) is 0 Å². The van der Waals surface area contributed by atoms with Crippen LogP contribution in [0.15, 0.2) is 23.1 Å². The van der Waals surface area contributed by atoms with E-state index in [0.29, 0.717) is 6.42 Å². The summed E-state index contributed by atoms with van der Waals surface area (Å²) in [6.45, 7) is 4.76. The van der Waals surface area contributed by atoms with E-state index in [1.807, 2.05) is 24.6 Å². The van der Waals surface area contributed by atoms with Crippen LogP contribution in [-0.4, -0.2) is 14.8 Å². The summed E-state index contributed by atoms with van der Waals surface area (Å²) in [6.07, 6.45) is 3.92. The SMILES string of the molecule is CCn1ncnc1CC(NN)c1ccoc1C. The molecule has 0 aliphatic carbocycles. The molecule has 0 fully saturated rings. The van der Waals surface area contributed by atoms with Gasteiger partial charge in [-0.2, -0.15) is 5.10 Å². The van der Waals surface area contributed by atoms with Crippen molar-refractivity contribution in [1.29, 1.82) is 0 Å². The third kappa shape index (κ3) is 2.37. The van der Waals surface area contributed by atoms with Gasteiger partial charge in [0.25, 0.3) is 0 Å². The molecule has 0 bridgehead atoms. The number of aryl methyl sites for hydroxylation is 2. The highest BCUT2D eigenvalue weighted by atomic mass is 16.3. The molecule has 0 spiro atoms. The van der Waals surface area contributed by atoms with Gasteiger partial charge in [0.1, 0.15) is 17.9 Å². The van der Waals surface area contributed by atoms with E-state index in [0.717, 1.165) is 23.7 Å². The van der Waals surface area contributed by atoms with Gasteiger partial charge in [0.05, 0.1) is 12.3 Å². The van der Waals surface area contributed by atoms with Crippen molar-refractivity contribution in [3.05, 3.63) is 35.8 Å². The van der Waals surface area contributed by atoms with Crippen LogP contribution in [0.3, 0.4) is 0 Å². The molecular weight excluding hydrogens is 218 g/mol. The Morgan fingerprint density at radius 1 is 1.59 bits per heavy atom. The van der Waals surface area contributed by atoms with Crippen LogP contribution in [-0.2, 0) is 13.0 Å². The quantitative estimate of drug-likeness (QED) is 0.595. The molecule has 1 atom stereocenters. The lowest BCUT2D eigenvalue weighted by atomic mass is 10.1. The second kappa shape index (κ2) is 5.11. The first kappa shape index (κ1) is 11.8. The summed E-state index contributed by atoms with van der Waals surface area (Å²) < 4.78 is 7.15. The second-order valence-electron chi connectivity index (χ2n) is 3.85. The fourth-order valence-corrected chi connectivity index (χ4v) is 1.91. The molecule has 6 nitrogen and oxygen atoms in total. The Kier molecular flexibility index (Phi) is 3.55. The predicted molar refractivity (Wildman–Crippen MR) is 62.9 cm³/mol. The number of rotatable bonds is 5. The summed E-state index contributed by atoms with van der Waals surface area (Å²) in [7, 11) is 0. The second-order valence-corrected chi connectivity index (χ2v) is 3.85. The van der Waals surface area contributed by atoms with Crippen molar-refractivity contribution >= 4 is 0 Å². The molecular formula is C11H17N5O. The minimum Gasteiger partial charge on any atom is -0.469 e. The highest BCUT2D eigenvalue weighted by Gasteiger charge is 2.17. The fraction of sp³-hybridized carbons (Fsp3) is 0.455. The Balaban J connectivity index is 2.19. The average Bonchev–Trinajstić information content (AvgIpc) is 2.94. The molecule has 17 heavy (non-hydrogen) atoms. The zero-order chi connectivity index (χ0) is 12.3. The molecule has 0 aliphatic heterocycles. The van der Waals surface area contributed by atoms with Gasteiger partial charge < -0.3 is 4.42 Å². The first-order valence-electron chi connectivity index (χ1n) is 5.63. The van der Waals surface area contributed by atoms with Crippen LogP contribution in [0.1, 0.15) is 30.1 Å². The standard InChI is InChI=1S/C11H17N5O/c1-3-16-11(13-7-14-16)6-10(15-12)9-4-5-17-8(9)2/h4-5,7,10,15H,3,6,12H2,1-2H3. The molecule has 92 valence electrons. The van der Waals surface area contributed by atoms with Crippen molar-refractivity contribution in [2.45, 2.75) is 32.9 Å². The van der Waals surface area contributed by atoms with E-state index in [1.54, 1.807) is 12.6 Å². The Labute approximate surface area is 99.8 Å². The maximum Gasteiger partial charge on any atom is 0.138 e. The number of hydrogen-bond acceptors (Lipinski definition) is 5. The van der Waals surface area contributed by atoms with E-state index in [-0.39, 0.29) is 6.04 Å². The van der Waals surface area contributed by atoms with Crippen LogP contribution in [0.25, 0.3) is 0 Å². The number of nitrogens with zero attached hydrogens (tertiary/aromatic N) is 3. The van der Waals surface area contributed by atoms with E-state index >= 15 is 0 Å². The number of furan rings is 1. The average molecular weight is 235 g/mol. The van der Waals surface area contributed by atoms with Crippen molar-refractivity contribution in [2.24, 2.45) is 5.84 Å². The van der Waals surface area contributed by atoms with Gasteiger partial charge in [-0.15, -0.1) is 0 Å². The van der Waals surface area contributed by atoms with Gasteiger partial charge in [-0.3, -0.25) is 16.0 Å². The van der Waals surface area contributed by atoms with Gasteiger partial charge in [0.15, 0.2) is 0 Å². The summed E-state index contributed by atoms with van der Waals surface area (Å²) in [5, 5.41) is 4.14. The van der Waals surface area contributed by atoms with Gasteiger partial charge in [0, 0.05) is 18.5 Å². The van der Waals surface area contributed by atoms with Crippen LogP contribution in [0, 0.1) is 6.92 Å². The maximum atomic E-state index is 5.59. The molecule has 0 saturated carbocycles. The van der Waals surface area contributed by atoms with Gasteiger partial charge in [-0.05, 0) is 19.9 Å². The van der Waals surface area contributed by atoms with E-state index in [1.165, 1.54) is 0 Å². The molecule has 1 unspecified atom stereocenters. The molecule has 2 aromatic rings. The van der Waals surface area contributed by atoms with Gasteiger partial charge in [0.2, 0.25) is 0 Å². The van der Waals surface area contributed by atoms with E-state index in [9.17, 15) is 0 Å². The molecule has 0 radical (unpaired) electrons. The third-order valence-electron chi connectivity index (χ3n) is 2.86. The molecule has 3 N–H and O–H groups in total. The molecule has 2 aromatic heterocycles. The summed E-state index contributed by atoms with van der Waals surface area (Å²) in [5.41, 5.74) is 3.85. The van der Waals surface area contributed by atoms with Crippen molar-refractivity contribution in [3.8, 4) is 0 Å². The molecule has 0 saturated heterocycles. The highest BCUT2D eigenvalue weighted by Crippen LogP contribution is 2.21. The van der Waals surface area contributed by atoms with Crippen molar-refractivity contribution in [2.75, 3.05) is 0 Å². The van der Waals surface area contributed by atoms with Crippen molar-refractivity contribution < 1.29 is 4.42 Å². The van der Waals surface area contributed by atoms with E-state index in [2.05, 4.69) is 15.5 Å². The smallest absolute Gasteiger partial charge is 0.138 e. The summed E-state index contributed by atoms with van der Waals surface area (Å²) in [5.74, 6) is 7.38. The van der Waals surface area contributed by atoms with Gasteiger partial charge in [-0.25, -0.2) is 4.98 Å². The Bertz CT molecular complexity index is 476. The Morgan fingerprint density at radius 2 is 2.41 bits per heavy atom. The lowest BCUT2D eigenvalue weighted by Crippen LogP contribution is -2.30. The van der Waals surface area contributed by atoms with Crippen LogP contribution in [0.5, 0.6) is 0 Å². The number of hydrazine groups is 1. The molecule has 6 heteroatoms. The zero-order valence-electron chi connectivity index (χ0n) is 10.1. The van der Waals surface area contributed by atoms with Crippen LogP contribution < -0.4 is 11.3 Å². The molecule has 0 aromatic carbocycles. The molecule has 2 heterocycles. The lowest BCUT2D eigenvalue weighted by molar-refractivity contribution is 0.485. The zero-order valence-corrected chi connectivity index (χ0v) is 10.1. The van der Waals surface area contributed by atoms with Crippen molar-refractivity contribution in [1.82, 2.24) is 20.2 Å². The van der Waals surface area contributed by atoms with Gasteiger partial charge >= 0.3 is 0 Å². The van der Waals surface area contributed by atoms with Gasteiger partial charge in [-0.1, -0.05) is 0 Å². The monoisotopic (exact) mass is 235 g/mol. The maximum absolute atomic E-state index is 5.59. The number of nitrogens with one attached hydrogen (secondary N) is 1. The van der Waals surface area contributed by atoms with E-state index < -0.39 is 0 Å². The number of hydrogen-bond donors (Lipinski definition) is 2. The van der Waals surface area contributed by atoms with Crippen LogP contribution in [0.2, 0.25) is 0 Å². The number of nitrogens with two attached hydrogens (primary N) is 1.